The van der Waals surface area contributed by atoms with E-state index in [4.69, 9.17) is 0 Å². The zero-order valence-corrected chi connectivity index (χ0v) is 12.7. The second kappa shape index (κ2) is 5.25. The molecule has 0 bridgehead atoms. The Kier molecular flexibility index (Phi) is 3.56. The van der Waals surface area contributed by atoms with Crippen LogP contribution in [0.15, 0.2) is 16.7 Å². The van der Waals surface area contributed by atoms with Gasteiger partial charge in [-0.25, -0.2) is 9.78 Å². The molecule has 21 heavy (non-hydrogen) atoms. The Labute approximate surface area is 129 Å². The molecule has 1 aromatic heterocycles. The molecule has 1 aliphatic heterocycles. The lowest BCUT2D eigenvalue weighted by molar-refractivity contribution is -0.385. The van der Waals surface area contributed by atoms with E-state index in [-0.39, 0.29) is 11.6 Å². The van der Waals surface area contributed by atoms with E-state index in [2.05, 4.69) is 20.9 Å². The van der Waals surface area contributed by atoms with Crippen LogP contribution in [0.1, 0.15) is 19.3 Å². The Morgan fingerprint density at radius 2 is 2.29 bits per heavy atom. The standard InChI is InChI=1S/C13H14BrN3O4/c14-10-4-8(17(20)21)5-15-12(10)16-6-7-2-1-3-9(7)11(16)13(18)19/h4-5,7,9,11H,1-3,6H2,(H,18,19). The topological polar surface area (TPSA) is 96.6 Å². The maximum atomic E-state index is 11.6. The van der Waals surface area contributed by atoms with Crippen LogP contribution in [0.3, 0.4) is 0 Å². The van der Waals surface area contributed by atoms with Crippen molar-refractivity contribution in [1.29, 1.82) is 0 Å². The van der Waals surface area contributed by atoms with Crippen molar-refractivity contribution < 1.29 is 14.8 Å². The minimum absolute atomic E-state index is 0.114. The summed E-state index contributed by atoms with van der Waals surface area (Å²) < 4.78 is 0.461. The average Bonchev–Trinajstić information content (AvgIpc) is 2.97. The number of aromatic nitrogens is 1. The summed E-state index contributed by atoms with van der Waals surface area (Å²) >= 11 is 3.28. The number of nitro groups is 1. The van der Waals surface area contributed by atoms with Gasteiger partial charge in [-0.05, 0) is 40.6 Å². The fraction of sp³-hybridized carbons (Fsp3) is 0.538. The number of halogens is 1. The molecule has 3 rings (SSSR count). The molecule has 112 valence electrons. The van der Waals surface area contributed by atoms with Gasteiger partial charge in [-0.3, -0.25) is 10.1 Å². The van der Waals surface area contributed by atoms with Crippen LogP contribution in [0, 0.1) is 22.0 Å². The average molecular weight is 356 g/mol. The Hall–Kier alpha value is -1.70. The van der Waals surface area contributed by atoms with Crippen molar-refractivity contribution >= 4 is 33.4 Å². The molecule has 2 fully saturated rings. The predicted molar refractivity (Wildman–Crippen MR) is 78.2 cm³/mol. The molecule has 1 aromatic rings. The van der Waals surface area contributed by atoms with Gasteiger partial charge in [0.1, 0.15) is 18.1 Å². The van der Waals surface area contributed by atoms with Crippen molar-refractivity contribution in [2.45, 2.75) is 25.3 Å². The molecule has 2 heterocycles. The van der Waals surface area contributed by atoms with Crippen LogP contribution in [-0.4, -0.2) is 33.6 Å². The first kappa shape index (κ1) is 14.2. The summed E-state index contributed by atoms with van der Waals surface area (Å²) in [7, 11) is 0. The highest BCUT2D eigenvalue weighted by Gasteiger charge is 2.48. The van der Waals surface area contributed by atoms with Gasteiger partial charge in [0, 0.05) is 12.6 Å². The summed E-state index contributed by atoms with van der Waals surface area (Å²) in [6.07, 6.45) is 4.20. The van der Waals surface area contributed by atoms with E-state index in [1.165, 1.54) is 12.3 Å². The summed E-state index contributed by atoms with van der Waals surface area (Å²) in [4.78, 5) is 27.7. The molecule has 1 N–H and O–H groups in total. The highest BCUT2D eigenvalue weighted by Crippen LogP contribution is 2.45. The van der Waals surface area contributed by atoms with Crippen molar-refractivity contribution in [2.24, 2.45) is 11.8 Å². The second-order valence-electron chi connectivity index (χ2n) is 5.55. The summed E-state index contributed by atoms with van der Waals surface area (Å²) in [5.74, 6) is 0.139. The van der Waals surface area contributed by atoms with Gasteiger partial charge in [0.25, 0.3) is 5.69 Å². The molecule has 0 spiro atoms. The fourth-order valence-electron chi connectivity index (χ4n) is 3.57. The molecular weight excluding hydrogens is 342 g/mol. The Bertz CT molecular complexity index is 609. The van der Waals surface area contributed by atoms with Gasteiger partial charge >= 0.3 is 5.97 Å². The third-order valence-electron chi connectivity index (χ3n) is 4.43. The molecule has 1 aliphatic carbocycles. The summed E-state index contributed by atoms with van der Waals surface area (Å²) in [5, 5.41) is 20.3. The Morgan fingerprint density at radius 1 is 1.52 bits per heavy atom. The maximum Gasteiger partial charge on any atom is 0.326 e. The van der Waals surface area contributed by atoms with Crippen molar-refractivity contribution in [1.82, 2.24) is 4.98 Å². The number of hydrogen-bond donors (Lipinski definition) is 1. The number of hydrogen-bond acceptors (Lipinski definition) is 5. The molecule has 0 amide bonds. The van der Waals surface area contributed by atoms with E-state index in [1.807, 2.05) is 0 Å². The quantitative estimate of drug-likeness (QED) is 0.660. The number of carboxylic acids is 1. The second-order valence-corrected chi connectivity index (χ2v) is 6.40. The fourth-order valence-corrected chi connectivity index (χ4v) is 4.14. The molecular formula is C13H14BrN3O4. The third-order valence-corrected chi connectivity index (χ3v) is 5.02. The van der Waals surface area contributed by atoms with Gasteiger partial charge in [-0.15, -0.1) is 0 Å². The van der Waals surface area contributed by atoms with Crippen molar-refractivity contribution in [3.63, 3.8) is 0 Å². The van der Waals surface area contributed by atoms with Crippen LogP contribution in [0.25, 0.3) is 0 Å². The molecule has 3 unspecified atom stereocenters. The SMILES string of the molecule is O=C(O)C1C2CCCC2CN1c1ncc([N+](=O)[O-])cc1Br. The summed E-state index contributed by atoms with van der Waals surface area (Å²) in [6.45, 7) is 0.644. The molecule has 7 nitrogen and oxygen atoms in total. The minimum Gasteiger partial charge on any atom is -0.480 e. The maximum absolute atomic E-state index is 11.6. The van der Waals surface area contributed by atoms with Crippen LogP contribution < -0.4 is 4.90 Å². The van der Waals surface area contributed by atoms with Crippen LogP contribution in [0.4, 0.5) is 11.5 Å². The Balaban J connectivity index is 1.96. The first-order valence-corrected chi connectivity index (χ1v) is 7.57. The van der Waals surface area contributed by atoms with Crippen molar-refractivity contribution in [2.75, 3.05) is 11.4 Å². The zero-order chi connectivity index (χ0) is 15.1. The molecule has 1 saturated heterocycles. The summed E-state index contributed by atoms with van der Waals surface area (Å²) in [5.41, 5.74) is -0.114. The van der Waals surface area contributed by atoms with E-state index in [0.29, 0.717) is 22.8 Å². The lowest BCUT2D eigenvalue weighted by Gasteiger charge is -2.26. The highest BCUT2D eigenvalue weighted by atomic mass is 79.9. The number of pyridine rings is 1. The number of carboxylic acid groups (broad SMARTS) is 1. The van der Waals surface area contributed by atoms with E-state index in [0.717, 1.165) is 19.3 Å². The van der Waals surface area contributed by atoms with Crippen LogP contribution in [0.2, 0.25) is 0 Å². The van der Waals surface area contributed by atoms with Gasteiger partial charge in [0.05, 0.1) is 9.40 Å². The molecule has 3 atom stereocenters. The van der Waals surface area contributed by atoms with Crippen molar-refractivity contribution in [3.05, 3.63) is 26.9 Å². The summed E-state index contributed by atoms with van der Waals surface area (Å²) in [6, 6.07) is 0.776. The largest absolute Gasteiger partial charge is 0.480 e. The lowest BCUT2D eigenvalue weighted by atomic mass is 9.94. The van der Waals surface area contributed by atoms with Crippen LogP contribution in [-0.2, 0) is 4.79 Å². The molecule has 1 saturated carbocycles. The normalized spacial score (nSPS) is 27.7. The van der Waals surface area contributed by atoms with Gasteiger partial charge in [-0.1, -0.05) is 6.42 Å². The first-order chi connectivity index (χ1) is 9.99. The van der Waals surface area contributed by atoms with Gasteiger partial charge in [-0.2, -0.15) is 0 Å². The lowest BCUT2D eigenvalue weighted by Crippen LogP contribution is -2.40. The van der Waals surface area contributed by atoms with Crippen LogP contribution in [0.5, 0.6) is 0 Å². The van der Waals surface area contributed by atoms with Gasteiger partial charge in [0.15, 0.2) is 0 Å². The monoisotopic (exact) mass is 355 g/mol. The zero-order valence-electron chi connectivity index (χ0n) is 11.1. The number of nitrogens with zero attached hydrogens (tertiary/aromatic N) is 3. The number of carbonyl (C=O) groups is 1. The minimum atomic E-state index is -0.851. The number of fused-ring (bicyclic) bond motifs is 1. The van der Waals surface area contributed by atoms with E-state index in [9.17, 15) is 20.0 Å². The molecule has 0 radical (unpaired) electrons. The third kappa shape index (κ3) is 2.37. The van der Waals surface area contributed by atoms with Gasteiger partial charge < -0.3 is 10.0 Å². The van der Waals surface area contributed by atoms with E-state index >= 15 is 0 Å². The number of aliphatic carboxylic acids is 1. The highest BCUT2D eigenvalue weighted by molar-refractivity contribution is 9.10. The number of rotatable bonds is 3. The molecule has 2 aliphatic rings. The predicted octanol–water partition coefficient (Wildman–Crippen LogP) is 2.44. The van der Waals surface area contributed by atoms with E-state index < -0.39 is 16.9 Å². The van der Waals surface area contributed by atoms with Gasteiger partial charge in [0.2, 0.25) is 0 Å². The smallest absolute Gasteiger partial charge is 0.326 e. The molecule has 0 aromatic carbocycles. The van der Waals surface area contributed by atoms with Crippen molar-refractivity contribution in [3.8, 4) is 0 Å². The first-order valence-electron chi connectivity index (χ1n) is 6.78. The number of anilines is 1. The molecule has 8 heteroatoms. The van der Waals surface area contributed by atoms with E-state index in [1.54, 1.807) is 4.90 Å². The Morgan fingerprint density at radius 3 is 2.90 bits per heavy atom. The van der Waals surface area contributed by atoms with Crippen LogP contribution >= 0.6 is 15.9 Å².